The standard InChI is InChI=1S/C20H18ClN5O2.C15H17BrN4O/c21-13-10-16-15(12-22-24-16)17(11-13)25-8-6-20(7-9-25)18(27)26(19(28)23-20)14-4-2-1-3-5-14;1-19-11-3-2-9(15(19)21)7-20(8-11)14-5-10(16)4-13-12(14)6-17-18-13/h1-5,10-12H,6-9H2,(H,22,24)(H,23,28);4-6,9,11H,2-3,7-8H2,1H3,(H,17,18)/t;9-,11+/m.1/s1. The average molecular weight is 745 g/mol. The second kappa shape index (κ2) is 12.4. The summed E-state index contributed by atoms with van der Waals surface area (Å²) in [6, 6.07) is 16.9. The molecule has 4 amide bonds. The summed E-state index contributed by atoms with van der Waals surface area (Å²) in [6.45, 7) is 2.97. The molecule has 5 saturated heterocycles. The smallest absolute Gasteiger partial charge is 0.329 e. The molecule has 0 radical (unpaired) electrons. The molecule has 252 valence electrons. The third-order valence-corrected chi connectivity index (χ3v) is 11.1. The topological polar surface area (TPSA) is 134 Å². The van der Waals surface area contributed by atoms with Crippen molar-refractivity contribution in [1.29, 1.82) is 0 Å². The van der Waals surface area contributed by atoms with E-state index in [9.17, 15) is 14.4 Å². The van der Waals surface area contributed by atoms with Gasteiger partial charge in [0.2, 0.25) is 5.91 Å². The van der Waals surface area contributed by atoms with E-state index in [1.807, 2.05) is 54.5 Å². The van der Waals surface area contributed by atoms with E-state index >= 15 is 0 Å². The number of halogens is 2. The van der Waals surface area contributed by atoms with Gasteiger partial charge in [-0.2, -0.15) is 10.2 Å². The molecular formula is C35H35BrClN9O3. The van der Waals surface area contributed by atoms with Crippen LogP contribution in [-0.2, 0) is 9.59 Å². The Morgan fingerprint density at radius 2 is 1.53 bits per heavy atom. The highest BCUT2D eigenvalue weighted by Crippen LogP contribution is 2.38. The lowest BCUT2D eigenvalue weighted by atomic mass is 9.87. The van der Waals surface area contributed by atoms with Gasteiger partial charge in [-0.15, -0.1) is 0 Å². The highest BCUT2D eigenvalue weighted by atomic mass is 79.9. The molecule has 0 unspecified atom stereocenters. The fraction of sp³-hybridized carbons (Fsp3) is 0.343. The highest BCUT2D eigenvalue weighted by Gasteiger charge is 2.53. The first-order valence-corrected chi connectivity index (χ1v) is 17.6. The Labute approximate surface area is 295 Å². The number of likely N-dealkylation sites (N-methyl/N-ethyl adjacent to an activating group) is 1. The van der Waals surface area contributed by atoms with E-state index in [1.165, 1.54) is 4.90 Å². The predicted molar refractivity (Wildman–Crippen MR) is 193 cm³/mol. The van der Waals surface area contributed by atoms with Crippen LogP contribution in [-0.4, -0.2) is 87.9 Å². The van der Waals surface area contributed by atoms with Crippen molar-refractivity contribution in [2.45, 2.75) is 37.3 Å². The Morgan fingerprint density at radius 1 is 0.857 bits per heavy atom. The molecule has 5 aliphatic rings. The van der Waals surface area contributed by atoms with Gasteiger partial charge in [0.1, 0.15) is 5.54 Å². The van der Waals surface area contributed by atoms with Crippen molar-refractivity contribution in [3.63, 3.8) is 0 Å². The molecule has 5 aromatic rings. The van der Waals surface area contributed by atoms with Gasteiger partial charge in [0.05, 0.1) is 35.0 Å². The van der Waals surface area contributed by atoms with Crippen molar-refractivity contribution in [3.05, 3.63) is 76.5 Å². The van der Waals surface area contributed by atoms with Crippen molar-refractivity contribution < 1.29 is 14.4 Å². The van der Waals surface area contributed by atoms with Crippen LogP contribution in [0.15, 0.2) is 71.5 Å². The molecule has 2 atom stereocenters. The largest absolute Gasteiger partial charge is 0.371 e. The van der Waals surface area contributed by atoms with Gasteiger partial charge < -0.3 is 20.0 Å². The number of aromatic amines is 2. The first-order chi connectivity index (χ1) is 23.7. The van der Waals surface area contributed by atoms with Crippen LogP contribution in [0.25, 0.3) is 21.8 Å². The maximum atomic E-state index is 13.1. The minimum Gasteiger partial charge on any atom is -0.371 e. The molecule has 5 aliphatic heterocycles. The zero-order valence-corrected chi connectivity index (χ0v) is 29.2. The number of H-pyrrole nitrogens is 2. The van der Waals surface area contributed by atoms with Crippen LogP contribution in [0.1, 0.15) is 25.7 Å². The monoisotopic (exact) mass is 743 g/mol. The Balaban J connectivity index is 0.000000148. The van der Waals surface area contributed by atoms with E-state index in [0.717, 1.165) is 63.6 Å². The molecule has 49 heavy (non-hydrogen) atoms. The summed E-state index contributed by atoms with van der Waals surface area (Å²) in [5.41, 5.74) is 3.80. The first kappa shape index (κ1) is 31.6. The second-order valence-electron chi connectivity index (χ2n) is 13.3. The van der Waals surface area contributed by atoms with E-state index in [0.29, 0.717) is 48.6 Å². The Bertz CT molecular complexity index is 2080. The molecule has 0 aliphatic carbocycles. The fourth-order valence-electron chi connectivity index (χ4n) is 7.77. The lowest BCUT2D eigenvalue weighted by Gasteiger charge is -2.38. The number of imide groups is 1. The van der Waals surface area contributed by atoms with Crippen LogP contribution in [0.2, 0.25) is 5.02 Å². The maximum Gasteiger partial charge on any atom is 0.329 e. The summed E-state index contributed by atoms with van der Waals surface area (Å²) < 4.78 is 1.03. The van der Waals surface area contributed by atoms with Crippen LogP contribution >= 0.6 is 27.5 Å². The number of hydrogen-bond acceptors (Lipinski definition) is 7. The molecule has 1 spiro atoms. The predicted octanol–water partition coefficient (Wildman–Crippen LogP) is 5.69. The Morgan fingerprint density at radius 3 is 2.24 bits per heavy atom. The summed E-state index contributed by atoms with van der Waals surface area (Å²) >= 11 is 9.83. The number of nitrogens with zero attached hydrogens (tertiary/aromatic N) is 6. The van der Waals surface area contributed by atoms with E-state index in [-0.39, 0.29) is 17.9 Å². The summed E-state index contributed by atoms with van der Waals surface area (Å²) in [5.74, 6) is 0.241. The third kappa shape index (κ3) is 5.58. The second-order valence-corrected chi connectivity index (χ2v) is 14.6. The van der Waals surface area contributed by atoms with Crippen LogP contribution < -0.4 is 20.0 Å². The number of rotatable bonds is 3. The minimum absolute atomic E-state index is 0.120. The molecule has 3 aromatic carbocycles. The number of carbonyl (C=O) groups is 3. The zero-order chi connectivity index (χ0) is 33.9. The number of piperidine rings is 2. The molecule has 2 aromatic heterocycles. The lowest BCUT2D eigenvalue weighted by molar-refractivity contribution is -0.138. The quantitative estimate of drug-likeness (QED) is 0.202. The van der Waals surface area contributed by atoms with Gasteiger partial charge in [-0.1, -0.05) is 45.7 Å². The van der Waals surface area contributed by atoms with Crippen LogP contribution in [0.3, 0.4) is 0 Å². The van der Waals surface area contributed by atoms with E-state index in [4.69, 9.17) is 11.6 Å². The van der Waals surface area contributed by atoms with Gasteiger partial charge in [-0.25, -0.2) is 9.69 Å². The van der Waals surface area contributed by atoms with Crippen LogP contribution in [0, 0.1) is 5.92 Å². The van der Waals surface area contributed by atoms with Crippen molar-refractivity contribution in [1.82, 2.24) is 30.6 Å². The summed E-state index contributed by atoms with van der Waals surface area (Å²) in [5, 5.41) is 19.9. The van der Waals surface area contributed by atoms with Gasteiger partial charge in [0.15, 0.2) is 0 Å². The first-order valence-electron chi connectivity index (χ1n) is 16.4. The number of anilines is 3. The van der Waals surface area contributed by atoms with Crippen molar-refractivity contribution in [2.75, 3.05) is 47.9 Å². The third-order valence-electron chi connectivity index (χ3n) is 10.4. The summed E-state index contributed by atoms with van der Waals surface area (Å²) in [4.78, 5) is 45.8. The van der Waals surface area contributed by atoms with Crippen molar-refractivity contribution >= 4 is 84.2 Å². The fourth-order valence-corrected chi connectivity index (χ4v) is 8.43. The number of fused-ring (bicyclic) bond motifs is 6. The number of urea groups is 1. The van der Waals surface area contributed by atoms with Gasteiger partial charge in [-0.3, -0.25) is 19.8 Å². The normalized spacial score (nSPS) is 21.8. The highest BCUT2D eigenvalue weighted by molar-refractivity contribution is 9.10. The van der Waals surface area contributed by atoms with Gasteiger partial charge in [0.25, 0.3) is 5.91 Å². The van der Waals surface area contributed by atoms with E-state index < -0.39 is 5.54 Å². The van der Waals surface area contributed by atoms with Crippen molar-refractivity contribution in [3.8, 4) is 0 Å². The summed E-state index contributed by atoms with van der Waals surface area (Å²) in [7, 11) is 1.94. The molecule has 0 saturated carbocycles. The van der Waals surface area contributed by atoms with Crippen LogP contribution in [0.4, 0.5) is 21.9 Å². The molecule has 2 bridgehead atoms. The number of nitrogens with one attached hydrogen (secondary N) is 3. The number of para-hydroxylation sites is 1. The van der Waals surface area contributed by atoms with E-state index in [2.05, 4.69) is 57.5 Å². The van der Waals surface area contributed by atoms with Crippen molar-refractivity contribution in [2.24, 2.45) is 5.92 Å². The number of carbonyl (C=O) groups excluding carboxylic acids is 3. The number of benzene rings is 3. The molecule has 5 fully saturated rings. The molecule has 3 N–H and O–H groups in total. The zero-order valence-electron chi connectivity index (χ0n) is 26.8. The van der Waals surface area contributed by atoms with Gasteiger partial charge >= 0.3 is 6.03 Å². The molecular weight excluding hydrogens is 710 g/mol. The maximum absolute atomic E-state index is 13.1. The molecule has 14 heteroatoms. The SMILES string of the molecule is CN1C(=O)[C@@H]2CC[C@H]1CN(c1cc(Br)cc3[nH]ncc13)C2.O=C1NC2(CCN(c3cc(Cl)cc4[nH]ncc34)CC2)C(=O)N1c1ccccc1. The molecule has 7 heterocycles. The molecule has 12 nitrogen and oxygen atoms in total. The average Bonchev–Trinajstić information content (AvgIpc) is 3.76. The Kier molecular flexibility index (Phi) is 7.98. The van der Waals surface area contributed by atoms with Gasteiger partial charge in [-0.05, 0) is 62.1 Å². The number of amides is 4. The lowest BCUT2D eigenvalue weighted by Crippen LogP contribution is -2.55. The molecule has 10 rings (SSSR count). The van der Waals surface area contributed by atoms with E-state index in [1.54, 1.807) is 18.3 Å². The Hall–Kier alpha value is -4.62. The number of hydrogen-bond donors (Lipinski definition) is 3. The van der Waals surface area contributed by atoms with Gasteiger partial charge in [0, 0.05) is 70.9 Å². The van der Waals surface area contributed by atoms with Crippen LogP contribution in [0.5, 0.6) is 0 Å². The minimum atomic E-state index is -0.850. The number of aromatic nitrogens is 4. The summed E-state index contributed by atoms with van der Waals surface area (Å²) in [6.07, 6.45) is 6.83.